The predicted octanol–water partition coefficient (Wildman–Crippen LogP) is 3.48. The Kier molecular flexibility index (Phi) is 8.55. The smallest absolute Gasteiger partial charge is 0.191 e. The summed E-state index contributed by atoms with van der Waals surface area (Å²) in [4.78, 5) is 0. The number of para-hydroxylation sites is 1. The average molecular weight is 273 g/mol. The molecule has 0 bridgehead atoms. The van der Waals surface area contributed by atoms with Crippen LogP contribution in [0.15, 0.2) is 29.4 Å². The van der Waals surface area contributed by atoms with Crippen molar-refractivity contribution in [3.8, 4) is 0 Å². The molecule has 0 radical (unpaired) electrons. The molecule has 3 nitrogen and oxygen atoms in total. The van der Waals surface area contributed by atoms with Crippen molar-refractivity contribution in [2.45, 2.75) is 26.7 Å². The molecule has 0 amide bonds. The minimum absolute atomic E-state index is 0. The van der Waals surface area contributed by atoms with E-state index in [-0.39, 0.29) is 12.8 Å². The molecule has 5 heteroatoms. The summed E-state index contributed by atoms with van der Waals surface area (Å²) in [5.74, 6) is 0. The molecule has 0 aliphatic carbocycles. The second-order valence-corrected chi connectivity index (χ2v) is 3.70. The van der Waals surface area contributed by atoms with Crippen LogP contribution in [0.3, 0.4) is 0 Å². The van der Waals surface area contributed by atoms with Crippen molar-refractivity contribution in [3.63, 3.8) is 0 Å². The highest BCUT2D eigenvalue weighted by molar-refractivity contribution is 7.80. The molecule has 1 unspecified atom stereocenters. The fourth-order valence-electron chi connectivity index (χ4n) is 1.30. The van der Waals surface area contributed by atoms with Crippen molar-refractivity contribution in [1.82, 2.24) is 5.43 Å². The molecule has 0 aliphatic heterocycles. The molecule has 98 valence electrons. The van der Waals surface area contributed by atoms with Crippen LogP contribution >= 0.6 is 22.1 Å². The summed E-state index contributed by atoms with van der Waals surface area (Å²) in [6.45, 7) is 4.14. The van der Waals surface area contributed by atoms with E-state index in [1.54, 1.807) is 6.21 Å². The number of benzene rings is 1. The number of hydrogen-bond acceptors (Lipinski definition) is 2. The lowest BCUT2D eigenvalue weighted by molar-refractivity contribution is 1.03. The van der Waals surface area contributed by atoms with Gasteiger partial charge in [-0.05, 0) is 36.7 Å². The maximum atomic E-state index is 5.12. The van der Waals surface area contributed by atoms with Crippen molar-refractivity contribution in [3.05, 3.63) is 29.8 Å². The van der Waals surface area contributed by atoms with Crippen LogP contribution in [0, 0.1) is 0 Å². The van der Waals surface area contributed by atoms with E-state index in [0.29, 0.717) is 5.11 Å². The summed E-state index contributed by atoms with van der Waals surface area (Å²) >= 11 is 5.12. The first-order valence-electron chi connectivity index (χ1n) is 5.44. The Morgan fingerprint density at radius 1 is 1.41 bits per heavy atom. The number of nitrogens with zero attached hydrogens (tertiary/aromatic N) is 1. The number of nitrogens with one attached hydrogen (secondary N) is 2. The van der Waals surface area contributed by atoms with Crippen molar-refractivity contribution >= 4 is 39.1 Å². The number of hydrazone groups is 1. The zero-order valence-electron chi connectivity index (χ0n) is 10.4. The number of thiocarbonyl (C=S) groups is 1. The number of hydrogen-bond donors (Lipinski definition) is 2. The Balaban J connectivity index is -0.000000853. The molecule has 17 heavy (non-hydrogen) atoms. The van der Waals surface area contributed by atoms with E-state index >= 15 is 0 Å². The van der Waals surface area contributed by atoms with Gasteiger partial charge in [-0.1, -0.05) is 32.0 Å². The Morgan fingerprint density at radius 3 is 2.76 bits per heavy atom. The van der Waals surface area contributed by atoms with E-state index in [1.807, 2.05) is 25.1 Å². The number of aryl methyl sites for hydroxylation is 1. The van der Waals surface area contributed by atoms with Gasteiger partial charge in [0.05, 0.1) is 0 Å². The molecule has 2 N–H and O–H groups in total. The van der Waals surface area contributed by atoms with Gasteiger partial charge in [-0.2, -0.15) is 15.0 Å². The van der Waals surface area contributed by atoms with E-state index < -0.39 is 0 Å². The summed E-state index contributed by atoms with van der Waals surface area (Å²) in [5, 5.41) is 7.61. The minimum atomic E-state index is 0. The second kappa shape index (κ2) is 9.08. The summed E-state index contributed by atoms with van der Waals surface area (Å²) in [5.41, 5.74) is 5.05. The largest absolute Gasteiger partial charge is 0.331 e. The molecule has 0 fully saturated rings. The third-order valence-corrected chi connectivity index (χ3v) is 2.28. The van der Waals surface area contributed by atoms with Crippen LogP contribution in [-0.2, 0) is 6.42 Å². The molecule has 0 heterocycles. The highest BCUT2D eigenvalue weighted by Gasteiger charge is 2.00. The Labute approximate surface area is 115 Å². The third kappa shape index (κ3) is 5.76. The zero-order chi connectivity index (χ0) is 11.8. The van der Waals surface area contributed by atoms with Gasteiger partial charge in [0, 0.05) is 14.8 Å². The number of rotatable bonds is 4. The fourth-order valence-corrected chi connectivity index (χ4v) is 1.46. The molecule has 1 aromatic carbocycles. The van der Waals surface area contributed by atoms with E-state index in [2.05, 4.69) is 28.8 Å². The SMILES string of the molecule is CC/C=N/NC(=S)Nc1ccccc1CC.P.[HH].[HH]. The highest BCUT2D eigenvalue weighted by Crippen LogP contribution is 2.14. The van der Waals surface area contributed by atoms with Gasteiger partial charge in [-0.3, -0.25) is 5.43 Å². The molecule has 0 aliphatic rings. The van der Waals surface area contributed by atoms with Crippen LogP contribution in [0.25, 0.3) is 0 Å². The average Bonchev–Trinajstić information content (AvgIpc) is 2.30. The molecule has 0 aromatic heterocycles. The Bertz CT molecular complexity index is 389. The van der Waals surface area contributed by atoms with Crippen LogP contribution in [0.5, 0.6) is 0 Å². The lowest BCUT2D eigenvalue weighted by atomic mass is 10.1. The summed E-state index contributed by atoms with van der Waals surface area (Å²) in [6.07, 6.45) is 3.64. The van der Waals surface area contributed by atoms with Gasteiger partial charge in [0.2, 0.25) is 0 Å². The van der Waals surface area contributed by atoms with Gasteiger partial charge >= 0.3 is 0 Å². The zero-order valence-corrected chi connectivity index (χ0v) is 12.6. The van der Waals surface area contributed by atoms with Crippen LogP contribution < -0.4 is 10.7 Å². The first kappa shape index (κ1) is 16.0. The molecule has 0 spiro atoms. The van der Waals surface area contributed by atoms with E-state index in [9.17, 15) is 0 Å². The maximum absolute atomic E-state index is 5.12. The molecule has 1 rings (SSSR count). The molecule has 0 saturated heterocycles. The fraction of sp³-hybridized carbons (Fsp3) is 0.333. The third-order valence-electron chi connectivity index (χ3n) is 2.09. The Hall–Kier alpha value is -0.990. The van der Waals surface area contributed by atoms with Gasteiger partial charge in [-0.25, -0.2) is 0 Å². The second-order valence-electron chi connectivity index (χ2n) is 3.30. The normalized spacial score (nSPS) is 9.76. The van der Waals surface area contributed by atoms with Gasteiger partial charge in [0.1, 0.15) is 0 Å². The lowest BCUT2D eigenvalue weighted by Gasteiger charge is -2.10. The monoisotopic (exact) mass is 273 g/mol. The van der Waals surface area contributed by atoms with E-state index in [1.165, 1.54) is 5.56 Å². The minimum Gasteiger partial charge on any atom is -0.331 e. The first-order valence-corrected chi connectivity index (χ1v) is 5.85. The highest BCUT2D eigenvalue weighted by atomic mass is 32.1. The molecule has 0 saturated carbocycles. The van der Waals surface area contributed by atoms with Crippen molar-refractivity contribution in [2.75, 3.05) is 5.32 Å². The van der Waals surface area contributed by atoms with Gasteiger partial charge in [-0.15, -0.1) is 0 Å². The standard InChI is InChI=1S/C12H17N3S.H3P.2H2/c1-3-9-13-15-12(16)14-11-8-6-5-7-10(11)4-2;;;/h5-9H,3-4H2,1-2H3,(H2,14,15,16);1H3;2*1H/b13-9+;;;. The molecular weight excluding hydrogens is 249 g/mol. The molecule has 1 atom stereocenters. The van der Waals surface area contributed by atoms with Gasteiger partial charge in [0.25, 0.3) is 0 Å². The summed E-state index contributed by atoms with van der Waals surface area (Å²) in [7, 11) is 0. The van der Waals surface area contributed by atoms with Crippen LogP contribution in [0.2, 0.25) is 0 Å². The topological polar surface area (TPSA) is 36.4 Å². The predicted molar refractivity (Wildman–Crippen MR) is 89.3 cm³/mol. The quantitative estimate of drug-likeness (QED) is 0.381. The van der Waals surface area contributed by atoms with Crippen LogP contribution in [0.4, 0.5) is 5.69 Å². The maximum Gasteiger partial charge on any atom is 0.191 e. The number of anilines is 1. The van der Waals surface area contributed by atoms with E-state index in [4.69, 9.17) is 12.2 Å². The molecule has 1 aromatic rings. The van der Waals surface area contributed by atoms with Crippen molar-refractivity contribution in [1.29, 1.82) is 0 Å². The van der Waals surface area contributed by atoms with Crippen LogP contribution in [-0.4, -0.2) is 11.3 Å². The van der Waals surface area contributed by atoms with E-state index in [0.717, 1.165) is 18.5 Å². The molecular formula is C12H24N3PS. The van der Waals surface area contributed by atoms with Crippen molar-refractivity contribution in [2.24, 2.45) is 5.10 Å². The van der Waals surface area contributed by atoms with Gasteiger partial charge < -0.3 is 5.32 Å². The van der Waals surface area contributed by atoms with Gasteiger partial charge in [0.15, 0.2) is 5.11 Å². The summed E-state index contributed by atoms with van der Waals surface area (Å²) in [6, 6.07) is 8.10. The van der Waals surface area contributed by atoms with Crippen LogP contribution in [0.1, 0.15) is 28.7 Å². The lowest BCUT2D eigenvalue weighted by Crippen LogP contribution is -2.24. The Morgan fingerprint density at radius 2 is 2.12 bits per heavy atom. The first-order chi connectivity index (χ1) is 7.77. The summed E-state index contributed by atoms with van der Waals surface area (Å²) < 4.78 is 0. The van der Waals surface area contributed by atoms with Crippen molar-refractivity contribution < 1.29 is 2.85 Å².